The van der Waals surface area contributed by atoms with Gasteiger partial charge in [-0.25, -0.2) is 0 Å². The highest BCUT2D eigenvalue weighted by Crippen LogP contribution is 2.17. The van der Waals surface area contributed by atoms with Gasteiger partial charge in [-0.1, -0.05) is 101 Å². The molecule has 2 bridgehead atoms. The third-order valence-electron chi connectivity index (χ3n) is 6.49. The molecule has 0 radical (unpaired) electrons. The first kappa shape index (κ1) is 23.4. The normalized spacial score (nSPS) is 25.8. The number of hydrogen-bond acceptors (Lipinski definition) is 2. The summed E-state index contributed by atoms with van der Waals surface area (Å²) in [6.45, 7) is 0. The lowest BCUT2D eigenvalue weighted by molar-refractivity contribution is 0.126. The summed E-state index contributed by atoms with van der Waals surface area (Å²) in [5.41, 5.74) is 9.20. The monoisotopic (exact) mass is 387 g/mol. The highest BCUT2D eigenvalue weighted by molar-refractivity contribution is 5.22. The van der Waals surface area contributed by atoms with Crippen molar-refractivity contribution >= 4 is 0 Å². The summed E-state index contributed by atoms with van der Waals surface area (Å²) < 4.78 is 0. The summed E-state index contributed by atoms with van der Waals surface area (Å²) in [5.74, 6) is 0. The summed E-state index contributed by atoms with van der Waals surface area (Å²) in [4.78, 5) is 0. The van der Waals surface area contributed by atoms with E-state index in [9.17, 15) is 5.11 Å². The van der Waals surface area contributed by atoms with Crippen LogP contribution in [0.1, 0.15) is 114 Å². The largest absolute Gasteiger partial charge is 0.392 e. The van der Waals surface area contributed by atoms with Crippen molar-refractivity contribution in [3.05, 3.63) is 35.4 Å². The lowest BCUT2D eigenvalue weighted by Crippen LogP contribution is -2.34. The summed E-state index contributed by atoms with van der Waals surface area (Å²) in [5, 5.41) is 10.3. The molecule has 2 heteroatoms. The van der Waals surface area contributed by atoms with Crippen LogP contribution in [0, 0.1) is 0 Å². The predicted octanol–water partition coefficient (Wildman–Crippen LogP) is 6.72. The number of aliphatic hydroxyl groups is 1. The Morgan fingerprint density at radius 1 is 0.536 bits per heavy atom. The van der Waals surface area contributed by atoms with E-state index >= 15 is 0 Å². The number of benzene rings is 1. The number of aryl methyl sites for hydroxylation is 2. The van der Waals surface area contributed by atoms with Crippen LogP contribution in [0.15, 0.2) is 24.3 Å². The van der Waals surface area contributed by atoms with Crippen LogP contribution in [-0.2, 0) is 12.8 Å². The van der Waals surface area contributed by atoms with Crippen LogP contribution in [0.25, 0.3) is 0 Å². The lowest BCUT2D eigenvalue weighted by atomic mass is 9.97. The fourth-order valence-electron chi connectivity index (χ4n) is 4.44. The fraction of sp³-hybridized carbons (Fsp3) is 0.769. The van der Waals surface area contributed by atoms with E-state index in [4.69, 9.17) is 5.73 Å². The summed E-state index contributed by atoms with van der Waals surface area (Å²) in [6.07, 6.45) is 22.2. The maximum Gasteiger partial charge on any atom is 0.0691 e. The SMILES string of the molecule is NC1CCCCCCCCCc2ccc(cc2)CCCCCCCCCC1O. The molecule has 0 saturated heterocycles. The van der Waals surface area contributed by atoms with Crippen LogP contribution in [-0.4, -0.2) is 17.3 Å². The van der Waals surface area contributed by atoms with Crippen molar-refractivity contribution in [1.82, 2.24) is 0 Å². The summed E-state index contributed by atoms with van der Waals surface area (Å²) >= 11 is 0. The Kier molecular flexibility index (Phi) is 12.6. The lowest BCUT2D eigenvalue weighted by Gasteiger charge is -2.18. The maximum absolute atomic E-state index is 10.3. The second-order valence-corrected chi connectivity index (χ2v) is 9.07. The first-order chi connectivity index (χ1) is 13.8. The van der Waals surface area contributed by atoms with Gasteiger partial charge in [0.1, 0.15) is 0 Å². The molecule has 2 atom stereocenters. The van der Waals surface area contributed by atoms with E-state index in [1.807, 2.05) is 0 Å². The molecule has 0 fully saturated rings. The molecule has 0 heterocycles. The third-order valence-corrected chi connectivity index (χ3v) is 6.49. The molecule has 2 nitrogen and oxygen atoms in total. The van der Waals surface area contributed by atoms with Gasteiger partial charge >= 0.3 is 0 Å². The molecule has 1 aromatic rings. The Balaban J connectivity index is 1.72. The molecular formula is C26H45NO. The van der Waals surface area contributed by atoms with Crippen molar-refractivity contribution in [2.24, 2.45) is 5.73 Å². The smallest absolute Gasteiger partial charge is 0.0691 e. The van der Waals surface area contributed by atoms with Crippen LogP contribution in [0.4, 0.5) is 0 Å². The second-order valence-electron chi connectivity index (χ2n) is 9.07. The molecule has 3 N–H and O–H groups in total. The Labute approximate surface area is 174 Å². The zero-order chi connectivity index (χ0) is 19.9. The predicted molar refractivity (Wildman–Crippen MR) is 122 cm³/mol. The molecule has 28 heavy (non-hydrogen) atoms. The first-order valence-corrected chi connectivity index (χ1v) is 12.3. The molecule has 0 aromatic heterocycles. The molecule has 0 saturated carbocycles. The average Bonchev–Trinajstić information content (AvgIpc) is 2.71. The zero-order valence-corrected chi connectivity index (χ0v) is 18.2. The number of nitrogens with two attached hydrogens (primary N) is 1. The van der Waals surface area contributed by atoms with Gasteiger partial charge in [0.15, 0.2) is 0 Å². The molecule has 0 spiro atoms. The van der Waals surface area contributed by atoms with E-state index in [0.29, 0.717) is 0 Å². The maximum atomic E-state index is 10.3. The fourth-order valence-corrected chi connectivity index (χ4v) is 4.44. The minimum Gasteiger partial charge on any atom is -0.392 e. The molecular weight excluding hydrogens is 342 g/mol. The van der Waals surface area contributed by atoms with Gasteiger partial charge in [-0.15, -0.1) is 0 Å². The van der Waals surface area contributed by atoms with Crippen molar-refractivity contribution in [3.8, 4) is 0 Å². The van der Waals surface area contributed by atoms with E-state index in [-0.39, 0.29) is 12.1 Å². The van der Waals surface area contributed by atoms with E-state index in [0.717, 1.165) is 19.3 Å². The van der Waals surface area contributed by atoms with Gasteiger partial charge in [0.25, 0.3) is 0 Å². The van der Waals surface area contributed by atoms with E-state index in [1.54, 1.807) is 0 Å². The number of aliphatic hydroxyl groups excluding tert-OH is 1. The quantitative estimate of drug-likeness (QED) is 0.519. The van der Waals surface area contributed by atoms with Crippen LogP contribution in [0.2, 0.25) is 0 Å². The van der Waals surface area contributed by atoms with Gasteiger partial charge < -0.3 is 10.8 Å². The Morgan fingerprint density at radius 2 is 0.893 bits per heavy atom. The van der Waals surface area contributed by atoms with Crippen LogP contribution >= 0.6 is 0 Å². The molecule has 1 aromatic carbocycles. The minimum absolute atomic E-state index is 0.0170. The van der Waals surface area contributed by atoms with Crippen molar-refractivity contribution in [1.29, 1.82) is 0 Å². The first-order valence-electron chi connectivity index (χ1n) is 12.3. The minimum atomic E-state index is -0.295. The van der Waals surface area contributed by atoms with E-state index < -0.39 is 0 Å². The average molecular weight is 388 g/mol. The second kappa shape index (κ2) is 15.0. The van der Waals surface area contributed by atoms with Gasteiger partial charge in [0.2, 0.25) is 0 Å². The summed E-state index contributed by atoms with van der Waals surface area (Å²) in [6, 6.07) is 9.39. The van der Waals surface area contributed by atoms with Crippen LogP contribution in [0.3, 0.4) is 0 Å². The third kappa shape index (κ3) is 10.6. The number of rotatable bonds is 0. The molecule has 3 rings (SSSR count). The van der Waals surface area contributed by atoms with Crippen molar-refractivity contribution < 1.29 is 5.11 Å². The highest BCUT2D eigenvalue weighted by atomic mass is 16.3. The standard InChI is InChI=1S/C26H45NO/c27-25-17-13-9-5-1-3-7-11-15-23-19-21-24(22-20-23)16-12-8-4-2-6-10-14-18-26(25)28/h19-22,25-26,28H,1-18,27H2. The van der Waals surface area contributed by atoms with Crippen molar-refractivity contribution in [2.75, 3.05) is 0 Å². The van der Waals surface area contributed by atoms with Crippen LogP contribution < -0.4 is 5.73 Å². The molecule has 2 unspecified atom stereocenters. The highest BCUT2D eigenvalue weighted by Gasteiger charge is 2.13. The van der Waals surface area contributed by atoms with Gasteiger partial charge in [0.05, 0.1) is 6.10 Å². The van der Waals surface area contributed by atoms with Crippen LogP contribution in [0.5, 0.6) is 0 Å². The van der Waals surface area contributed by atoms with Gasteiger partial charge in [-0.05, 0) is 49.7 Å². The topological polar surface area (TPSA) is 46.2 Å². The number of fused-ring (bicyclic) bond motifs is 21. The summed E-state index contributed by atoms with van der Waals surface area (Å²) in [7, 11) is 0. The van der Waals surface area contributed by atoms with Gasteiger partial charge in [0, 0.05) is 6.04 Å². The van der Waals surface area contributed by atoms with Crippen molar-refractivity contribution in [3.63, 3.8) is 0 Å². The number of hydrogen-bond donors (Lipinski definition) is 2. The molecule has 2 aliphatic rings. The van der Waals surface area contributed by atoms with E-state index in [1.165, 1.54) is 107 Å². The molecule has 0 aliphatic heterocycles. The van der Waals surface area contributed by atoms with Gasteiger partial charge in [-0.3, -0.25) is 0 Å². The molecule has 160 valence electrons. The zero-order valence-electron chi connectivity index (χ0n) is 18.2. The van der Waals surface area contributed by atoms with E-state index in [2.05, 4.69) is 24.3 Å². The van der Waals surface area contributed by atoms with Crippen molar-refractivity contribution in [2.45, 2.75) is 128 Å². The van der Waals surface area contributed by atoms with Gasteiger partial charge in [-0.2, -0.15) is 0 Å². The Bertz CT molecular complexity index is 439. The molecule has 2 aliphatic carbocycles. The molecule has 0 amide bonds. The Hall–Kier alpha value is -0.860. The Morgan fingerprint density at radius 3 is 1.36 bits per heavy atom.